The highest BCUT2D eigenvalue weighted by atomic mass is 19.4. The Bertz CT molecular complexity index is 575. The monoisotopic (exact) mass is 348 g/mol. The minimum absolute atomic E-state index is 0.299. The van der Waals surface area contributed by atoms with Gasteiger partial charge in [-0.2, -0.15) is 13.2 Å². The first-order chi connectivity index (χ1) is 11.1. The highest BCUT2D eigenvalue weighted by Crippen LogP contribution is 2.40. The van der Waals surface area contributed by atoms with Gasteiger partial charge in [0.1, 0.15) is 5.82 Å². The van der Waals surface area contributed by atoms with Crippen molar-refractivity contribution in [1.82, 2.24) is 19.8 Å². The summed E-state index contributed by atoms with van der Waals surface area (Å²) in [5, 5.41) is 12.7. The lowest BCUT2D eigenvalue weighted by Crippen LogP contribution is -2.49. The van der Waals surface area contributed by atoms with Gasteiger partial charge in [-0.05, 0) is 18.8 Å². The molecule has 2 atom stereocenters. The molecule has 1 aliphatic rings. The highest BCUT2D eigenvalue weighted by molar-refractivity contribution is 5.74. The van der Waals surface area contributed by atoms with Crippen LogP contribution in [0.2, 0.25) is 0 Å². The number of likely N-dealkylation sites (tertiary alicyclic amines) is 1. The fraction of sp³-hybridized carbons (Fsp3) is 0.733. The summed E-state index contributed by atoms with van der Waals surface area (Å²) in [4.78, 5) is 17.3. The van der Waals surface area contributed by atoms with E-state index in [1.54, 1.807) is 4.90 Å². The Morgan fingerprint density at radius 3 is 2.75 bits per heavy atom. The second-order valence-electron chi connectivity index (χ2n) is 6.40. The summed E-state index contributed by atoms with van der Waals surface area (Å²) in [6.07, 6.45) is -1.14. The molecule has 2 rings (SSSR count). The summed E-state index contributed by atoms with van der Waals surface area (Å²) in [5.41, 5.74) is -3.10. The molecular formula is C15H23F3N4O2. The van der Waals surface area contributed by atoms with Crippen LogP contribution in [-0.2, 0) is 12.6 Å². The van der Waals surface area contributed by atoms with Crippen molar-refractivity contribution in [3.63, 3.8) is 0 Å². The Morgan fingerprint density at radius 2 is 2.21 bits per heavy atom. The van der Waals surface area contributed by atoms with Crippen LogP contribution in [0.25, 0.3) is 0 Å². The summed E-state index contributed by atoms with van der Waals surface area (Å²) >= 11 is 0. The van der Waals surface area contributed by atoms with Crippen LogP contribution in [0, 0.1) is 5.92 Å². The molecule has 6 nitrogen and oxygen atoms in total. The molecule has 0 spiro atoms. The molecule has 2 amide bonds. The van der Waals surface area contributed by atoms with Crippen molar-refractivity contribution >= 4 is 6.03 Å². The third-order valence-corrected chi connectivity index (χ3v) is 4.37. The Kier molecular flexibility index (Phi) is 5.42. The molecule has 0 unspecified atom stereocenters. The third-order valence-electron chi connectivity index (χ3n) is 4.37. The van der Waals surface area contributed by atoms with E-state index in [0.717, 1.165) is 17.4 Å². The van der Waals surface area contributed by atoms with E-state index < -0.39 is 30.1 Å². The summed E-state index contributed by atoms with van der Waals surface area (Å²) in [6.45, 7) is 2.92. The van der Waals surface area contributed by atoms with Crippen LogP contribution in [0.1, 0.15) is 32.0 Å². The van der Waals surface area contributed by atoms with Gasteiger partial charge in [0.15, 0.2) is 0 Å². The summed E-state index contributed by atoms with van der Waals surface area (Å²) < 4.78 is 41.2. The topological polar surface area (TPSA) is 70.4 Å². The average Bonchev–Trinajstić information content (AvgIpc) is 2.92. The normalized spacial score (nSPS) is 21.4. The van der Waals surface area contributed by atoms with E-state index in [1.165, 1.54) is 19.4 Å². The van der Waals surface area contributed by atoms with Crippen LogP contribution in [0.3, 0.4) is 0 Å². The zero-order valence-corrected chi connectivity index (χ0v) is 13.8. The fourth-order valence-electron chi connectivity index (χ4n) is 2.98. The standard InChI is InChI=1S/C15H23F3N4O2/c1-11-4-3-8-22(10-11)13(23)20-6-5-14(24,15(16,17)18)12-19-7-9-21(12)2/h7,9,11,24H,3-6,8,10H2,1-2H3,(H,20,23)/t11-,14-/m0/s1. The van der Waals surface area contributed by atoms with Crippen LogP contribution in [0.5, 0.6) is 0 Å². The summed E-state index contributed by atoms with van der Waals surface area (Å²) in [6, 6.07) is -0.397. The Hall–Kier alpha value is -1.77. The molecule has 9 heteroatoms. The molecule has 0 bridgehead atoms. The first kappa shape index (κ1) is 18.6. The molecule has 0 aromatic carbocycles. The van der Waals surface area contributed by atoms with Crippen molar-refractivity contribution in [3.05, 3.63) is 18.2 Å². The lowest BCUT2D eigenvalue weighted by atomic mass is 9.97. The zero-order valence-electron chi connectivity index (χ0n) is 13.8. The van der Waals surface area contributed by atoms with Gasteiger partial charge in [-0.15, -0.1) is 0 Å². The lowest BCUT2D eigenvalue weighted by Gasteiger charge is -2.32. The molecule has 2 N–H and O–H groups in total. The number of imidazole rings is 1. The second-order valence-corrected chi connectivity index (χ2v) is 6.40. The quantitative estimate of drug-likeness (QED) is 0.874. The van der Waals surface area contributed by atoms with E-state index >= 15 is 0 Å². The number of aliphatic hydroxyl groups is 1. The number of carbonyl (C=O) groups excluding carboxylic acids is 1. The number of amides is 2. The van der Waals surface area contributed by atoms with Gasteiger partial charge in [0, 0.05) is 45.5 Å². The van der Waals surface area contributed by atoms with Crippen LogP contribution >= 0.6 is 0 Å². The van der Waals surface area contributed by atoms with E-state index in [4.69, 9.17) is 0 Å². The van der Waals surface area contributed by atoms with Gasteiger partial charge in [-0.25, -0.2) is 9.78 Å². The molecule has 1 aromatic rings. The lowest BCUT2D eigenvalue weighted by molar-refractivity contribution is -0.272. The first-order valence-electron chi connectivity index (χ1n) is 7.95. The number of nitrogens with one attached hydrogen (secondary N) is 1. The number of carbonyl (C=O) groups is 1. The van der Waals surface area contributed by atoms with Crippen molar-refractivity contribution < 1.29 is 23.1 Å². The Morgan fingerprint density at radius 1 is 1.50 bits per heavy atom. The van der Waals surface area contributed by atoms with Crippen LogP contribution < -0.4 is 5.32 Å². The van der Waals surface area contributed by atoms with Crippen LogP contribution in [0.15, 0.2) is 12.4 Å². The van der Waals surface area contributed by atoms with E-state index in [2.05, 4.69) is 10.3 Å². The maximum atomic E-state index is 13.4. The number of rotatable bonds is 4. The molecule has 1 saturated heterocycles. The number of alkyl halides is 3. The van der Waals surface area contributed by atoms with Gasteiger partial charge in [0.2, 0.25) is 5.60 Å². The maximum Gasteiger partial charge on any atom is 0.424 e. The van der Waals surface area contributed by atoms with Crippen molar-refractivity contribution in [2.75, 3.05) is 19.6 Å². The number of aryl methyl sites for hydroxylation is 1. The van der Waals surface area contributed by atoms with Crippen LogP contribution in [0.4, 0.5) is 18.0 Å². The highest BCUT2D eigenvalue weighted by Gasteiger charge is 2.57. The number of urea groups is 1. The average molecular weight is 348 g/mol. The van der Waals surface area contributed by atoms with Gasteiger partial charge >= 0.3 is 12.2 Å². The van der Waals surface area contributed by atoms with E-state index in [1.807, 2.05) is 6.92 Å². The Balaban J connectivity index is 1.99. The molecule has 136 valence electrons. The summed E-state index contributed by atoms with van der Waals surface area (Å²) in [7, 11) is 1.38. The smallest absolute Gasteiger partial charge is 0.374 e. The molecule has 1 aromatic heterocycles. The molecule has 1 fully saturated rings. The Labute approximate surface area is 138 Å². The number of aromatic nitrogens is 2. The van der Waals surface area contributed by atoms with Gasteiger partial charge in [-0.1, -0.05) is 6.92 Å². The minimum Gasteiger partial charge on any atom is -0.374 e. The predicted octanol–water partition coefficient (Wildman–Crippen LogP) is 2.00. The number of hydrogen-bond donors (Lipinski definition) is 2. The van der Waals surface area contributed by atoms with E-state index in [9.17, 15) is 23.1 Å². The van der Waals surface area contributed by atoms with Gasteiger partial charge < -0.3 is 19.9 Å². The van der Waals surface area contributed by atoms with Crippen molar-refractivity contribution in [2.24, 2.45) is 13.0 Å². The van der Waals surface area contributed by atoms with Gasteiger partial charge in [-0.3, -0.25) is 0 Å². The molecule has 2 heterocycles. The van der Waals surface area contributed by atoms with Gasteiger partial charge in [0.05, 0.1) is 0 Å². The molecule has 0 radical (unpaired) electrons. The maximum absolute atomic E-state index is 13.4. The van der Waals surface area contributed by atoms with Crippen LogP contribution in [-0.4, -0.2) is 51.4 Å². The zero-order chi connectivity index (χ0) is 18.0. The fourth-order valence-corrected chi connectivity index (χ4v) is 2.98. The van der Waals surface area contributed by atoms with E-state index in [-0.39, 0.29) is 6.54 Å². The van der Waals surface area contributed by atoms with Crippen molar-refractivity contribution in [2.45, 2.75) is 38.0 Å². The van der Waals surface area contributed by atoms with Gasteiger partial charge in [0.25, 0.3) is 0 Å². The largest absolute Gasteiger partial charge is 0.424 e. The molecule has 0 aliphatic carbocycles. The number of nitrogens with zero attached hydrogens (tertiary/aromatic N) is 3. The van der Waals surface area contributed by atoms with Crippen molar-refractivity contribution in [3.8, 4) is 0 Å². The third kappa shape index (κ3) is 3.82. The first-order valence-corrected chi connectivity index (χ1v) is 7.95. The molecule has 1 aliphatic heterocycles. The van der Waals surface area contributed by atoms with Crippen molar-refractivity contribution in [1.29, 1.82) is 0 Å². The minimum atomic E-state index is -4.89. The van der Waals surface area contributed by atoms with E-state index in [0.29, 0.717) is 19.0 Å². The summed E-state index contributed by atoms with van der Waals surface area (Å²) in [5.74, 6) is -0.111. The molecular weight excluding hydrogens is 325 g/mol. The number of piperidine rings is 1. The molecule has 0 saturated carbocycles. The number of halogens is 3. The SMILES string of the molecule is C[C@H]1CCCN(C(=O)NCC[C@](O)(c2nccn2C)C(F)(F)F)C1. The molecule has 24 heavy (non-hydrogen) atoms. The number of hydrogen-bond acceptors (Lipinski definition) is 3. The predicted molar refractivity (Wildman–Crippen MR) is 81.1 cm³/mol. The second kappa shape index (κ2) is 7.00.